The van der Waals surface area contributed by atoms with Crippen LogP contribution < -0.4 is 5.32 Å². The van der Waals surface area contributed by atoms with Crippen LogP contribution in [0, 0.1) is 0 Å². The summed E-state index contributed by atoms with van der Waals surface area (Å²) in [5.74, 6) is 2.03. The van der Waals surface area contributed by atoms with Crippen molar-refractivity contribution in [3.63, 3.8) is 0 Å². The SMILES string of the molecule is c1ccc(-c2nccc(Nc3c[nH]nc3-c3nc4cc(CN5CCOCC5)ccc4[nH]3)n2)cc1. The van der Waals surface area contributed by atoms with Gasteiger partial charge in [-0.2, -0.15) is 5.10 Å². The van der Waals surface area contributed by atoms with Crippen LogP contribution in [0.15, 0.2) is 67.0 Å². The van der Waals surface area contributed by atoms with Crippen LogP contribution in [0.25, 0.3) is 33.9 Å². The highest BCUT2D eigenvalue weighted by Gasteiger charge is 2.16. The first-order valence-electron chi connectivity index (χ1n) is 11.3. The number of hydrogen-bond donors (Lipinski definition) is 3. The van der Waals surface area contributed by atoms with Gasteiger partial charge in [-0.1, -0.05) is 36.4 Å². The number of benzene rings is 2. The maximum Gasteiger partial charge on any atom is 0.161 e. The predicted molar refractivity (Wildman–Crippen MR) is 131 cm³/mol. The lowest BCUT2D eigenvalue weighted by molar-refractivity contribution is 0.0342. The maximum atomic E-state index is 5.45. The Hall–Kier alpha value is -4.08. The van der Waals surface area contributed by atoms with E-state index in [4.69, 9.17) is 9.72 Å². The van der Waals surface area contributed by atoms with E-state index in [2.05, 4.69) is 53.6 Å². The molecule has 5 aromatic rings. The minimum Gasteiger partial charge on any atom is -0.379 e. The monoisotopic (exact) mass is 452 g/mol. The first kappa shape index (κ1) is 20.5. The highest BCUT2D eigenvalue weighted by Crippen LogP contribution is 2.28. The number of nitrogens with zero attached hydrogens (tertiary/aromatic N) is 5. The molecule has 4 heterocycles. The molecule has 1 fully saturated rings. The Morgan fingerprint density at radius 2 is 1.88 bits per heavy atom. The van der Waals surface area contributed by atoms with Crippen molar-refractivity contribution in [2.24, 2.45) is 0 Å². The summed E-state index contributed by atoms with van der Waals surface area (Å²) in [4.78, 5) is 19.7. The minimum atomic E-state index is 0.659. The molecule has 170 valence electrons. The predicted octanol–water partition coefficient (Wildman–Crippen LogP) is 3.99. The fourth-order valence-electron chi connectivity index (χ4n) is 4.14. The molecule has 0 unspecified atom stereocenters. The Kier molecular flexibility index (Phi) is 5.46. The summed E-state index contributed by atoms with van der Waals surface area (Å²) in [6.07, 6.45) is 3.55. The van der Waals surface area contributed by atoms with E-state index in [-0.39, 0.29) is 0 Å². The van der Waals surface area contributed by atoms with Crippen LogP contribution in [-0.4, -0.2) is 61.3 Å². The summed E-state index contributed by atoms with van der Waals surface area (Å²) in [7, 11) is 0. The lowest BCUT2D eigenvalue weighted by Crippen LogP contribution is -2.35. The van der Waals surface area contributed by atoms with Crippen LogP contribution in [0.1, 0.15) is 5.56 Å². The van der Waals surface area contributed by atoms with E-state index >= 15 is 0 Å². The Morgan fingerprint density at radius 3 is 2.76 bits per heavy atom. The summed E-state index contributed by atoms with van der Waals surface area (Å²) in [6, 6.07) is 18.1. The van der Waals surface area contributed by atoms with E-state index in [9.17, 15) is 0 Å². The number of aromatic amines is 2. The second kappa shape index (κ2) is 9.05. The van der Waals surface area contributed by atoms with E-state index < -0.39 is 0 Å². The zero-order valence-corrected chi connectivity index (χ0v) is 18.5. The Bertz CT molecular complexity index is 1410. The number of H-pyrrole nitrogens is 2. The first-order chi connectivity index (χ1) is 16.8. The van der Waals surface area contributed by atoms with Gasteiger partial charge in [0.05, 0.1) is 29.9 Å². The average Bonchev–Trinajstić information content (AvgIpc) is 3.52. The van der Waals surface area contributed by atoms with Gasteiger partial charge in [0.2, 0.25) is 0 Å². The third-order valence-electron chi connectivity index (χ3n) is 5.87. The van der Waals surface area contributed by atoms with Gasteiger partial charge in [0.25, 0.3) is 0 Å². The smallest absolute Gasteiger partial charge is 0.161 e. The van der Waals surface area contributed by atoms with Gasteiger partial charge in [-0.15, -0.1) is 0 Å². The molecule has 1 aliphatic heterocycles. The van der Waals surface area contributed by atoms with E-state index in [0.717, 1.165) is 55.1 Å². The van der Waals surface area contributed by atoms with Crippen LogP contribution in [0.5, 0.6) is 0 Å². The van der Waals surface area contributed by atoms with Gasteiger partial charge < -0.3 is 15.0 Å². The number of imidazole rings is 1. The second-order valence-corrected chi connectivity index (χ2v) is 8.23. The number of fused-ring (bicyclic) bond motifs is 1. The van der Waals surface area contributed by atoms with Gasteiger partial charge in [0, 0.05) is 37.6 Å². The van der Waals surface area contributed by atoms with Crippen LogP contribution in [0.3, 0.4) is 0 Å². The van der Waals surface area contributed by atoms with Crippen molar-refractivity contribution < 1.29 is 4.74 Å². The molecule has 34 heavy (non-hydrogen) atoms. The minimum absolute atomic E-state index is 0.659. The molecule has 3 aromatic heterocycles. The maximum absolute atomic E-state index is 5.45. The van der Waals surface area contributed by atoms with Crippen molar-refractivity contribution in [3.05, 3.63) is 72.6 Å². The Balaban J connectivity index is 1.24. The first-order valence-corrected chi connectivity index (χ1v) is 11.3. The standard InChI is InChI=1S/C25H24N8O/c1-2-4-18(5-3-1)24-26-9-8-22(31-24)28-21-15-27-32-23(21)25-29-19-7-6-17(14-20(19)30-25)16-33-10-12-34-13-11-33/h1-9,14-15H,10-13,16H2,(H,27,32)(H,29,30)(H,26,28,31). The van der Waals surface area contributed by atoms with Gasteiger partial charge in [0.1, 0.15) is 5.82 Å². The highest BCUT2D eigenvalue weighted by atomic mass is 16.5. The Labute approximate surface area is 196 Å². The number of morpholine rings is 1. The molecule has 9 nitrogen and oxygen atoms in total. The molecule has 1 saturated heterocycles. The van der Waals surface area contributed by atoms with E-state index in [1.165, 1.54) is 5.56 Å². The fourth-order valence-corrected chi connectivity index (χ4v) is 4.14. The molecule has 0 radical (unpaired) electrons. The zero-order chi connectivity index (χ0) is 22.7. The molecule has 0 spiro atoms. The summed E-state index contributed by atoms with van der Waals surface area (Å²) in [5, 5.41) is 10.7. The van der Waals surface area contributed by atoms with Crippen molar-refractivity contribution in [2.75, 3.05) is 31.6 Å². The molecule has 2 aromatic carbocycles. The van der Waals surface area contributed by atoms with Crippen LogP contribution in [-0.2, 0) is 11.3 Å². The van der Waals surface area contributed by atoms with Crippen molar-refractivity contribution in [3.8, 4) is 22.9 Å². The highest BCUT2D eigenvalue weighted by molar-refractivity contribution is 5.82. The fraction of sp³-hybridized carbons (Fsp3) is 0.200. The van der Waals surface area contributed by atoms with Crippen molar-refractivity contribution in [1.82, 2.24) is 35.0 Å². The van der Waals surface area contributed by atoms with Gasteiger partial charge in [-0.25, -0.2) is 15.0 Å². The van der Waals surface area contributed by atoms with Gasteiger partial charge in [-0.3, -0.25) is 10.00 Å². The van der Waals surface area contributed by atoms with Crippen molar-refractivity contribution in [1.29, 1.82) is 0 Å². The molecule has 0 bridgehead atoms. The quantitative estimate of drug-likeness (QED) is 0.358. The number of ether oxygens (including phenoxy) is 1. The van der Waals surface area contributed by atoms with Crippen molar-refractivity contribution in [2.45, 2.75) is 6.54 Å². The van der Waals surface area contributed by atoms with Gasteiger partial charge in [-0.05, 0) is 23.8 Å². The van der Waals surface area contributed by atoms with Crippen molar-refractivity contribution >= 4 is 22.5 Å². The number of rotatable bonds is 6. The summed E-state index contributed by atoms with van der Waals surface area (Å²) >= 11 is 0. The summed E-state index contributed by atoms with van der Waals surface area (Å²) in [6.45, 7) is 4.41. The molecular formula is C25H24N8O. The van der Waals surface area contributed by atoms with Gasteiger partial charge in [0.15, 0.2) is 17.3 Å². The molecule has 3 N–H and O–H groups in total. The molecule has 1 aliphatic rings. The molecule has 0 saturated carbocycles. The lowest BCUT2D eigenvalue weighted by Gasteiger charge is -2.26. The normalized spacial score (nSPS) is 14.5. The van der Waals surface area contributed by atoms with Gasteiger partial charge >= 0.3 is 0 Å². The number of nitrogens with one attached hydrogen (secondary N) is 3. The summed E-state index contributed by atoms with van der Waals surface area (Å²) in [5.41, 5.74) is 5.58. The molecule has 0 aliphatic carbocycles. The number of anilines is 2. The van der Waals surface area contributed by atoms with Crippen LogP contribution >= 0.6 is 0 Å². The van der Waals surface area contributed by atoms with E-state index in [1.807, 2.05) is 36.4 Å². The molecule has 0 atom stereocenters. The largest absolute Gasteiger partial charge is 0.379 e. The summed E-state index contributed by atoms with van der Waals surface area (Å²) < 4.78 is 5.45. The zero-order valence-electron chi connectivity index (χ0n) is 18.5. The molecule has 6 rings (SSSR count). The molecular weight excluding hydrogens is 428 g/mol. The Morgan fingerprint density at radius 1 is 1.00 bits per heavy atom. The number of hydrogen-bond acceptors (Lipinski definition) is 7. The second-order valence-electron chi connectivity index (χ2n) is 8.23. The van der Waals surface area contributed by atoms with Crippen LogP contribution in [0.2, 0.25) is 0 Å². The average molecular weight is 453 g/mol. The lowest BCUT2D eigenvalue weighted by atomic mass is 10.2. The van der Waals surface area contributed by atoms with E-state index in [0.29, 0.717) is 23.2 Å². The van der Waals surface area contributed by atoms with E-state index in [1.54, 1.807) is 12.4 Å². The third-order valence-corrected chi connectivity index (χ3v) is 5.87. The topological polar surface area (TPSA) is 108 Å². The number of aromatic nitrogens is 6. The molecule has 9 heteroatoms. The molecule has 0 amide bonds. The third kappa shape index (κ3) is 4.26. The van der Waals surface area contributed by atoms with Crippen LogP contribution in [0.4, 0.5) is 11.5 Å².